The molecule has 0 radical (unpaired) electrons. The van der Waals surface area contributed by atoms with Gasteiger partial charge in [0.1, 0.15) is 11.5 Å². The number of phenols is 2. The van der Waals surface area contributed by atoms with Crippen molar-refractivity contribution < 1.29 is 10.2 Å². The lowest BCUT2D eigenvalue weighted by Crippen LogP contribution is -2.11. The van der Waals surface area contributed by atoms with Crippen molar-refractivity contribution in [1.82, 2.24) is 5.32 Å². The summed E-state index contributed by atoms with van der Waals surface area (Å²) < 4.78 is 0. The van der Waals surface area contributed by atoms with E-state index >= 15 is 0 Å². The molecule has 1 aliphatic heterocycles. The minimum atomic E-state index is 0.115. The average molecular weight is 197 g/mol. The summed E-state index contributed by atoms with van der Waals surface area (Å²) in [5, 5.41) is 22.0. The van der Waals surface area contributed by atoms with Gasteiger partial charge in [-0.15, -0.1) is 11.8 Å². The highest BCUT2D eigenvalue weighted by atomic mass is 32.2. The van der Waals surface area contributed by atoms with Gasteiger partial charge in [-0.25, -0.2) is 0 Å². The van der Waals surface area contributed by atoms with Gasteiger partial charge in [-0.3, -0.25) is 0 Å². The molecule has 1 atom stereocenters. The van der Waals surface area contributed by atoms with E-state index in [-0.39, 0.29) is 16.9 Å². The van der Waals surface area contributed by atoms with Gasteiger partial charge in [-0.1, -0.05) is 0 Å². The smallest absolute Gasteiger partial charge is 0.119 e. The predicted molar refractivity (Wildman–Crippen MR) is 53.0 cm³/mol. The monoisotopic (exact) mass is 197 g/mol. The Bertz CT molecular complexity index is 290. The molecule has 0 aliphatic carbocycles. The van der Waals surface area contributed by atoms with E-state index in [1.54, 1.807) is 23.9 Å². The Balaban J connectivity index is 2.28. The van der Waals surface area contributed by atoms with Crippen molar-refractivity contribution in [3.05, 3.63) is 23.8 Å². The van der Waals surface area contributed by atoms with Crippen LogP contribution in [0.1, 0.15) is 10.9 Å². The van der Waals surface area contributed by atoms with Gasteiger partial charge in [0.15, 0.2) is 0 Å². The van der Waals surface area contributed by atoms with E-state index in [2.05, 4.69) is 5.32 Å². The first kappa shape index (κ1) is 8.72. The summed E-state index contributed by atoms with van der Waals surface area (Å²) in [5.41, 5.74) is 0.931. The number of benzene rings is 1. The van der Waals surface area contributed by atoms with E-state index in [9.17, 15) is 10.2 Å². The highest BCUT2D eigenvalue weighted by Gasteiger charge is 2.17. The average Bonchev–Trinajstić information content (AvgIpc) is 2.53. The summed E-state index contributed by atoms with van der Waals surface area (Å²) in [4.78, 5) is 0. The fraction of sp³-hybridized carbons (Fsp3) is 0.333. The maximum absolute atomic E-state index is 9.26. The second-order valence-corrected chi connectivity index (χ2v) is 4.20. The number of hydrogen-bond acceptors (Lipinski definition) is 4. The van der Waals surface area contributed by atoms with E-state index in [0.717, 1.165) is 17.9 Å². The van der Waals surface area contributed by atoms with Crippen LogP contribution < -0.4 is 5.32 Å². The lowest BCUT2D eigenvalue weighted by molar-refractivity contribution is 0.448. The molecule has 1 unspecified atom stereocenters. The molecule has 1 aromatic rings. The van der Waals surface area contributed by atoms with Gasteiger partial charge in [-0.05, 0) is 17.7 Å². The summed E-state index contributed by atoms with van der Waals surface area (Å²) in [6, 6.07) is 4.69. The molecule has 1 saturated heterocycles. The van der Waals surface area contributed by atoms with E-state index in [0.29, 0.717) is 0 Å². The Morgan fingerprint density at radius 2 is 1.92 bits per heavy atom. The first-order chi connectivity index (χ1) is 6.25. The number of nitrogens with one attached hydrogen (secondary N) is 1. The molecule has 2 rings (SSSR count). The third-order valence-electron chi connectivity index (χ3n) is 1.94. The quantitative estimate of drug-likeness (QED) is 0.637. The van der Waals surface area contributed by atoms with E-state index in [1.165, 1.54) is 6.07 Å². The third-order valence-corrected chi connectivity index (χ3v) is 3.16. The summed E-state index contributed by atoms with van der Waals surface area (Å²) in [6.45, 7) is 0.978. The second kappa shape index (κ2) is 3.47. The Kier molecular flexibility index (Phi) is 2.33. The SMILES string of the molecule is Oc1cc(O)cc(C2NCCS2)c1. The maximum atomic E-state index is 9.26. The lowest BCUT2D eigenvalue weighted by atomic mass is 10.2. The molecule has 0 aromatic heterocycles. The number of aromatic hydroxyl groups is 2. The van der Waals surface area contributed by atoms with Crippen LogP contribution in [0, 0.1) is 0 Å². The molecule has 0 spiro atoms. The molecule has 0 saturated carbocycles. The predicted octanol–water partition coefficient (Wildman–Crippen LogP) is 1.43. The van der Waals surface area contributed by atoms with Crippen LogP contribution in [0.25, 0.3) is 0 Å². The summed E-state index contributed by atoms with van der Waals surface area (Å²) >= 11 is 1.78. The molecule has 13 heavy (non-hydrogen) atoms. The lowest BCUT2D eigenvalue weighted by Gasteiger charge is -2.10. The van der Waals surface area contributed by atoms with Crippen LogP contribution in [-0.4, -0.2) is 22.5 Å². The molecule has 1 aliphatic rings. The zero-order chi connectivity index (χ0) is 9.26. The van der Waals surface area contributed by atoms with Gasteiger partial charge >= 0.3 is 0 Å². The zero-order valence-corrected chi connectivity index (χ0v) is 7.84. The summed E-state index contributed by atoms with van der Waals surface area (Å²) in [5.74, 6) is 1.30. The van der Waals surface area contributed by atoms with Crippen LogP contribution >= 0.6 is 11.8 Å². The molecule has 70 valence electrons. The highest BCUT2D eigenvalue weighted by molar-refractivity contribution is 7.99. The molecular formula is C9H11NO2S. The van der Waals surface area contributed by atoms with Crippen molar-refractivity contribution in [2.24, 2.45) is 0 Å². The molecule has 1 heterocycles. The molecule has 1 fully saturated rings. The van der Waals surface area contributed by atoms with Crippen LogP contribution in [0.2, 0.25) is 0 Å². The molecule has 1 aromatic carbocycles. The first-order valence-corrected chi connectivity index (χ1v) is 5.18. The van der Waals surface area contributed by atoms with E-state index in [1.807, 2.05) is 0 Å². The molecule has 0 bridgehead atoms. The van der Waals surface area contributed by atoms with Crippen molar-refractivity contribution in [2.45, 2.75) is 5.37 Å². The minimum absolute atomic E-state index is 0.115. The number of hydrogen-bond donors (Lipinski definition) is 3. The Hall–Kier alpha value is -0.870. The number of phenolic OH excluding ortho intramolecular Hbond substituents is 2. The van der Waals surface area contributed by atoms with Crippen molar-refractivity contribution in [1.29, 1.82) is 0 Å². The van der Waals surface area contributed by atoms with Crippen LogP contribution in [0.15, 0.2) is 18.2 Å². The van der Waals surface area contributed by atoms with E-state index < -0.39 is 0 Å². The largest absolute Gasteiger partial charge is 0.508 e. The van der Waals surface area contributed by atoms with Gasteiger partial charge in [-0.2, -0.15) is 0 Å². The van der Waals surface area contributed by atoms with Crippen molar-refractivity contribution >= 4 is 11.8 Å². The fourth-order valence-corrected chi connectivity index (χ4v) is 2.44. The Labute approximate surface area is 80.8 Å². The molecule has 0 amide bonds. The van der Waals surface area contributed by atoms with Gasteiger partial charge in [0, 0.05) is 18.4 Å². The standard InChI is InChI=1S/C9H11NO2S/c11-7-3-6(4-8(12)5-7)9-10-1-2-13-9/h3-5,9-12H,1-2H2. The third kappa shape index (κ3) is 1.89. The zero-order valence-electron chi connectivity index (χ0n) is 7.03. The highest BCUT2D eigenvalue weighted by Crippen LogP contribution is 2.33. The molecule has 3 nitrogen and oxygen atoms in total. The van der Waals surface area contributed by atoms with Crippen LogP contribution in [0.5, 0.6) is 11.5 Å². The van der Waals surface area contributed by atoms with Crippen LogP contribution in [0.3, 0.4) is 0 Å². The Morgan fingerprint density at radius 3 is 2.46 bits per heavy atom. The minimum Gasteiger partial charge on any atom is -0.508 e. The number of rotatable bonds is 1. The Morgan fingerprint density at radius 1 is 1.23 bits per heavy atom. The van der Waals surface area contributed by atoms with Gasteiger partial charge < -0.3 is 15.5 Å². The second-order valence-electron chi connectivity index (χ2n) is 2.99. The van der Waals surface area contributed by atoms with Gasteiger partial charge in [0.05, 0.1) is 5.37 Å². The van der Waals surface area contributed by atoms with Crippen LogP contribution in [-0.2, 0) is 0 Å². The fourth-order valence-electron chi connectivity index (χ4n) is 1.41. The summed E-state index contributed by atoms with van der Waals surface area (Å²) in [6.07, 6.45) is 0. The molecular weight excluding hydrogens is 186 g/mol. The molecule has 3 N–H and O–H groups in total. The summed E-state index contributed by atoms with van der Waals surface area (Å²) in [7, 11) is 0. The topological polar surface area (TPSA) is 52.5 Å². The van der Waals surface area contributed by atoms with Gasteiger partial charge in [0.25, 0.3) is 0 Å². The normalized spacial score (nSPS) is 22.0. The van der Waals surface area contributed by atoms with E-state index in [4.69, 9.17) is 0 Å². The van der Waals surface area contributed by atoms with Gasteiger partial charge in [0.2, 0.25) is 0 Å². The van der Waals surface area contributed by atoms with Crippen LogP contribution in [0.4, 0.5) is 0 Å². The van der Waals surface area contributed by atoms with Crippen molar-refractivity contribution in [2.75, 3.05) is 12.3 Å². The number of thioether (sulfide) groups is 1. The van der Waals surface area contributed by atoms with Crippen molar-refractivity contribution in [3.63, 3.8) is 0 Å². The molecule has 4 heteroatoms. The maximum Gasteiger partial charge on any atom is 0.119 e. The first-order valence-electron chi connectivity index (χ1n) is 4.13. The van der Waals surface area contributed by atoms with Crippen molar-refractivity contribution in [3.8, 4) is 11.5 Å².